The molecule has 2 aromatic rings. The van der Waals surface area contributed by atoms with Gasteiger partial charge in [-0.3, -0.25) is 4.99 Å². The lowest BCUT2D eigenvalue weighted by Crippen LogP contribution is -2.24. The van der Waals surface area contributed by atoms with Gasteiger partial charge in [-0.05, 0) is 66.8 Å². The minimum atomic E-state index is -3.40. The Labute approximate surface area is 176 Å². The van der Waals surface area contributed by atoms with Crippen molar-refractivity contribution in [2.45, 2.75) is 24.2 Å². The fourth-order valence-electron chi connectivity index (χ4n) is 2.88. The molecule has 0 saturated heterocycles. The van der Waals surface area contributed by atoms with Crippen LogP contribution in [0, 0.1) is 0 Å². The summed E-state index contributed by atoms with van der Waals surface area (Å²) in [5, 5.41) is 3.52. The van der Waals surface area contributed by atoms with Gasteiger partial charge in [0.2, 0.25) is 0 Å². The Hall–Kier alpha value is -1.32. The van der Waals surface area contributed by atoms with E-state index in [9.17, 15) is 8.42 Å². The number of anilines is 1. The molecule has 0 spiro atoms. The first-order valence-electron chi connectivity index (χ1n) is 8.11. The van der Waals surface area contributed by atoms with Gasteiger partial charge in [-0.2, -0.15) is 0 Å². The molecule has 1 aliphatic rings. The zero-order chi connectivity index (χ0) is 17.9. The van der Waals surface area contributed by atoms with Gasteiger partial charge in [0.15, 0.2) is 15.8 Å². The van der Waals surface area contributed by atoms with Crippen LogP contribution in [-0.4, -0.2) is 26.7 Å². The SMILES string of the molecule is I.NC(=NCCS(=O)(=O)c1ccc(Cl)cc1)Nc1ccc2c(c1)CCC2. The summed E-state index contributed by atoms with van der Waals surface area (Å²) < 4.78 is 24.5. The molecular weight excluding hydrogens is 485 g/mol. The first-order chi connectivity index (χ1) is 11.9. The summed E-state index contributed by atoms with van der Waals surface area (Å²) in [5.74, 6) is 0.102. The maximum Gasteiger partial charge on any atom is 0.193 e. The van der Waals surface area contributed by atoms with Crippen molar-refractivity contribution in [3.05, 3.63) is 58.6 Å². The predicted molar refractivity (Wildman–Crippen MR) is 117 cm³/mol. The number of nitrogens with zero attached hydrogens (tertiary/aromatic N) is 1. The highest BCUT2D eigenvalue weighted by atomic mass is 127. The van der Waals surface area contributed by atoms with E-state index < -0.39 is 9.84 Å². The lowest BCUT2D eigenvalue weighted by molar-refractivity contribution is 0.596. The normalized spacial score (nSPS) is 13.8. The summed E-state index contributed by atoms with van der Waals surface area (Å²) in [6.07, 6.45) is 3.40. The van der Waals surface area contributed by atoms with Gasteiger partial charge in [0, 0.05) is 10.7 Å². The highest BCUT2D eigenvalue weighted by molar-refractivity contribution is 14.0. The molecule has 2 aromatic carbocycles. The summed E-state index contributed by atoms with van der Waals surface area (Å²) >= 11 is 5.78. The highest BCUT2D eigenvalue weighted by Crippen LogP contribution is 2.24. The molecule has 0 heterocycles. The number of guanidine groups is 1. The first kappa shape index (κ1) is 21.0. The fraction of sp³-hybridized carbons (Fsp3) is 0.278. The third-order valence-electron chi connectivity index (χ3n) is 4.19. The van der Waals surface area contributed by atoms with Crippen LogP contribution in [0.2, 0.25) is 5.02 Å². The van der Waals surface area contributed by atoms with E-state index in [1.54, 1.807) is 12.1 Å². The van der Waals surface area contributed by atoms with Crippen LogP contribution in [0.3, 0.4) is 0 Å². The Morgan fingerprint density at radius 3 is 2.54 bits per heavy atom. The van der Waals surface area contributed by atoms with Crippen LogP contribution >= 0.6 is 35.6 Å². The monoisotopic (exact) mass is 505 g/mol. The molecule has 5 nitrogen and oxygen atoms in total. The average molecular weight is 506 g/mol. The number of hydrogen-bond donors (Lipinski definition) is 2. The molecule has 1 aliphatic carbocycles. The van der Waals surface area contributed by atoms with E-state index in [1.807, 2.05) is 6.07 Å². The van der Waals surface area contributed by atoms with E-state index in [1.165, 1.54) is 29.7 Å². The maximum atomic E-state index is 12.2. The van der Waals surface area contributed by atoms with Crippen LogP contribution in [0.5, 0.6) is 0 Å². The van der Waals surface area contributed by atoms with Crippen molar-refractivity contribution in [3.63, 3.8) is 0 Å². The smallest absolute Gasteiger partial charge is 0.193 e. The molecule has 0 unspecified atom stereocenters. The molecule has 0 atom stereocenters. The van der Waals surface area contributed by atoms with E-state index in [0.29, 0.717) is 5.02 Å². The number of hydrogen-bond acceptors (Lipinski definition) is 3. The molecule has 0 amide bonds. The molecule has 26 heavy (non-hydrogen) atoms. The van der Waals surface area contributed by atoms with Crippen molar-refractivity contribution in [1.29, 1.82) is 0 Å². The zero-order valence-electron chi connectivity index (χ0n) is 14.1. The second-order valence-corrected chi connectivity index (χ2v) is 8.55. The molecule has 3 rings (SSSR count). The van der Waals surface area contributed by atoms with Crippen molar-refractivity contribution >= 4 is 57.1 Å². The second kappa shape index (κ2) is 9.05. The molecule has 3 N–H and O–H groups in total. The lowest BCUT2D eigenvalue weighted by atomic mass is 10.1. The second-order valence-electron chi connectivity index (χ2n) is 6.00. The maximum absolute atomic E-state index is 12.2. The van der Waals surface area contributed by atoms with E-state index >= 15 is 0 Å². The number of benzene rings is 2. The van der Waals surface area contributed by atoms with Gasteiger partial charge in [-0.15, -0.1) is 24.0 Å². The van der Waals surface area contributed by atoms with E-state index in [-0.39, 0.29) is 47.1 Å². The molecule has 0 saturated carbocycles. The molecule has 0 bridgehead atoms. The molecule has 0 aromatic heterocycles. The minimum absolute atomic E-state index is 0. The Bertz CT molecular complexity index is 899. The number of aliphatic imine (C=N–C) groups is 1. The van der Waals surface area contributed by atoms with Gasteiger partial charge < -0.3 is 11.1 Å². The van der Waals surface area contributed by atoms with Crippen LogP contribution in [0.4, 0.5) is 5.69 Å². The number of aryl methyl sites for hydroxylation is 2. The van der Waals surface area contributed by atoms with Crippen molar-refractivity contribution in [1.82, 2.24) is 0 Å². The van der Waals surface area contributed by atoms with E-state index in [0.717, 1.165) is 18.5 Å². The third-order valence-corrected chi connectivity index (χ3v) is 6.15. The molecule has 8 heteroatoms. The van der Waals surface area contributed by atoms with Crippen molar-refractivity contribution in [2.24, 2.45) is 10.7 Å². The largest absolute Gasteiger partial charge is 0.370 e. The van der Waals surface area contributed by atoms with Gasteiger partial charge >= 0.3 is 0 Å². The van der Waals surface area contributed by atoms with Crippen LogP contribution < -0.4 is 11.1 Å². The number of nitrogens with one attached hydrogen (secondary N) is 1. The molecule has 0 radical (unpaired) electrons. The number of halogens is 2. The highest BCUT2D eigenvalue weighted by Gasteiger charge is 2.14. The van der Waals surface area contributed by atoms with Crippen LogP contribution in [0.1, 0.15) is 17.5 Å². The Morgan fingerprint density at radius 2 is 1.81 bits per heavy atom. The Balaban J connectivity index is 0.00000243. The summed E-state index contributed by atoms with van der Waals surface area (Å²) in [4.78, 5) is 4.35. The number of fused-ring (bicyclic) bond motifs is 1. The standard InChI is InChI=1S/C18H20ClN3O2S.HI/c19-15-5-8-17(9-6-15)25(23,24)11-10-21-18(20)22-16-7-4-13-2-1-3-14(13)12-16;/h4-9,12H,1-3,10-11H2,(H3,20,21,22);1H. The number of nitrogens with two attached hydrogens (primary N) is 1. The van der Waals surface area contributed by atoms with Gasteiger partial charge in [-0.25, -0.2) is 8.42 Å². The van der Waals surface area contributed by atoms with E-state index in [4.69, 9.17) is 17.3 Å². The number of sulfone groups is 1. The Morgan fingerprint density at radius 1 is 1.12 bits per heavy atom. The first-order valence-corrected chi connectivity index (χ1v) is 10.1. The molecule has 0 aliphatic heterocycles. The third kappa shape index (κ3) is 5.34. The van der Waals surface area contributed by atoms with Gasteiger partial charge in [0.1, 0.15) is 0 Å². The van der Waals surface area contributed by atoms with Crippen molar-refractivity contribution in [2.75, 3.05) is 17.6 Å². The topological polar surface area (TPSA) is 84.5 Å². The Kier molecular flexibility index (Phi) is 7.31. The predicted octanol–water partition coefficient (Wildman–Crippen LogP) is 3.65. The zero-order valence-corrected chi connectivity index (χ0v) is 18.0. The summed E-state index contributed by atoms with van der Waals surface area (Å²) in [6, 6.07) is 12.2. The summed E-state index contributed by atoms with van der Waals surface area (Å²) in [5.41, 5.74) is 9.46. The number of rotatable bonds is 5. The van der Waals surface area contributed by atoms with Crippen molar-refractivity contribution in [3.8, 4) is 0 Å². The van der Waals surface area contributed by atoms with Gasteiger partial charge in [0.25, 0.3) is 0 Å². The molecule has 140 valence electrons. The summed E-state index contributed by atoms with van der Waals surface area (Å²) in [7, 11) is -3.40. The van der Waals surface area contributed by atoms with Crippen molar-refractivity contribution < 1.29 is 8.42 Å². The average Bonchev–Trinajstić information content (AvgIpc) is 3.02. The van der Waals surface area contributed by atoms with Gasteiger partial charge in [0.05, 0.1) is 17.2 Å². The van der Waals surface area contributed by atoms with Crippen LogP contribution in [0.15, 0.2) is 52.4 Å². The molecular formula is C18H21ClIN3O2S. The van der Waals surface area contributed by atoms with Gasteiger partial charge in [-0.1, -0.05) is 17.7 Å². The molecule has 0 fully saturated rings. The minimum Gasteiger partial charge on any atom is -0.370 e. The lowest BCUT2D eigenvalue weighted by Gasteiger charge is -2.08. The fourth-order valence-corrected chi connectivity index (χ4v) is 4.13. The van der Waals surface area contributed by atoms with Crippen LogP contribution in [-0.2, 0) is 22.7 Å². The summed E-state index contributed by atoms with van der Waals surface area (Å²) in [6.45, 7) is 0.0920. The van der Waals surface area contributed by atoms with Crippen LogP contribution in [0.25, 0.3) is 0 Å². The quantitative estimate of drug-likeness (QED) is 0.369. The van der Waals surface area contributed by atoms with E-state index in [2.05, 4.69) is 22.4 Å².